The maximum absolute atomic E-state index is 12.9. The normalized spacial score (nSPS) is 21.9. The maximum atomic E-state index is 12.9. The zero-order valence-electron chi connectivity index (χ0n) is 14.5. The van der Waals surface area contributed by atoms with Gasteiger partial charge in [-0.05, 0) is 45.2 Å². The van der Waals surface area contributed by atoms with E-state index < -0.39 is 28.5 Å². The Kier molecular flexibility index (Phi) is 4.90. The second kappa shape index (κ2) is 6.35. The van der Waals surface area contributed by atoms with Gasteiger partial charge in [-0.15, -0.1) is 0 Å². The minimum absolute atomic E-state index is 0.0591. The molecule has 4 nitrogen and oxygen atoms in total. The number of benzene rings is 1. The molecule has 1 saturated heterocycles. The highest BCUT2D eigenvalue weighted by atomic mass is 19.4. The first-order valence-corrected chi connectivity index (χ1v) is 8.08. The van der Waals surface area contributed by atoms with E-state index in [1.54, 1.807) is 20.8 Å². The van der Waals surface area contributed by atoms with Crippen LogP contribution in [0.25, 0.3) is 0 Å². The largest absolute Gasteiger partial charge is 0.481 e. The Morgan fingerprint density at radius 1 is 1.20 bits per heavy atom. The van der Waals surface area contributed by atoms with Crippen LogP contribution < -0.4 is 0 Å². The summed E-state index contributed by atoms with van der Waals surface area (Å²) in [6, 6.07) is 4.73. The number of amides is 1. The Morgan fingerprint density at radius 2 is 1.80 bits per heavy atom. The fourth-order valence-corrected chi connectivity index (χ4v) is 3.19. The molecule has 1 unspecified atom stereocenters. The lowest BCUT2D eigenvalue weighted by atomic mass is 9.78. The van der Waals surface area contributed by atoms with Crippen LogP contribution in [-0.2, 0) is 21.2 Å². The highest BCUT2D eigenvalue weighted by Crippen LogP contribution is 2.36. The van der Waals surface area contributed by atoms with Gasteiger partial charge >= 0.3 is 12.1 Å². The van der Waals surface area contributed by atoms with Crippen molar-refractivity contribution in [3.05, 3.63) is 35.4 Å². The van der Waals surface area contributed by atoms with Crippen molar-refractivity contribution in [2.45, 2.75) is 45.2 Å². The molecular weight excluding hydrogens is 335 g/mol. The first kappa shape index (κ1) is 19.3. The highest BCUT2D eigenvalue weighted by Gasteiger charge is 2.43. The zero-order chi connectivity index (χ0) is 19.0. The summed E-state index contributed by atoms with van der Waals surface area (Å²) in [5.41, 5.74) is -2.76. The molecule has 0 aliphatic carbocycles. The predicted molar refractivity (Wildman–Crippen MR) is 86.0 cm³/mol. The Bertz CT molecular complexity index is 684. The van der Waals surface area contributed by atoms with Gasteiger partial charge in [0.1, 0.15) is 0 Å². The van der Waals surface area contributed by atoms with Gasteiger partial charge in [0.15, 0.2) is 0 Å². The van der Waals surface area contributed by atoms with E-state index in [1.165, 1.54) is 17.0 Å². The molecule has 0 radical (unpaired) electrons. The smallest absolute Gasteiger partial charge is 0.416 e. The number of alkyl halides is 3. The lowest BCUT2D eigenvalue weighted by Gasteiger charge is -2.41. The third-order valence-corrected chi connectivity index (χ3v) is 4.95. The number of hydrogen-bond acceptors (Lipinski definition) is 2. The van der Waals surface area contributed by atoms with Gasteiger partial charge in [0.05, 0.1) is 16.4 Å². The average molecular weight is 357 g/mol. The van der Waals surface area contributed by atoms with Crippen molar-refractivity contribution in [3.8, 4) is 0 Å². The SMILES string of the molecule is CC1(C(=O)O)CCCN(C(=O)C(C)(C)c2cccc(C(F)(F)F)c2)C1. The molecular formula is C18H22F3NO3. The van der Waals surface area contributed by atoms with E-state index in [0.29, 0.717) is 19.4 Å². The van der Waals surface area contributed by atoms with Crippen LogP contribution in [0.5, 0.6) is 0 Å². The van der Waals surface area contributed by atoms with Gasteiger partial charge in [0.2, 0.25) is 5.91 Å². The molecule has 25 heavy (non-hydrogen) atoms. The quantitative estimate of drug-likeness (QED) is 0.897. The van der Waals surface area contributed by atoms with Crippen LogP contribution in [0.3, 0.4) is 0 Å². The Hall–Kier alpha value is -2.05. The molecule has 1 N–H and O–H groups in total. The molecule has 7 heteroatoms. The second-order valence-electron chi connectivity index (χ2n) is 7.40. The van der Waals surface area contributed by atoms with Gasteiger partial charge in [-0.2, -0.15) is 13.2 Å². The van der Waals surface area contributed by atoms with Crippen LogP contribution in [0.2, 0.25) is 0 Å². The Labute approximate surface area is 144 Å². The number of carboxylic acids is 1. The van der Waals surface area contributed by atoms with Crippen molar-refractivity contribution < 1.29 is 27.9 Å². The summed E-state index contributed by atoms with van der Waals surface area (Å²) >= 11 is 0. The van der Waals surface area contributed by atoms with Gasteiger partial charge in [-0.1, -0.05) is 18.2 Å². The molecule has 1 amide bonds. The number of carbonyl (C=O) groups excluding carboxylic acids is 1. The van der Waals surface area contributed by atoms with Crippen molar-refractivity contribution in [3.63, 3.8) is 0 Å². The van der Waals surface area contributed by atoms with Crippen LogP contribution in [-0.4, -0.2) is 35.0 Å². The number of piperidine rings is 1. The fourth-order valence-electron chi connectivity index (χ4n) is 3.19. The second-order valence-corrected chi connectivity index (χ2v) is 7.40. The standard InChI is InChI=1S/C18H22F3NO3/c1-16(2,12-6-4-7-13(10-12)18(19,20)21)14(23)22-9-5-8-17(3,11-22)15(24)25/h4,6-7,10H,5,8-9,11H2,1-3H3,(H,24,25). The van der Waals surface area contributed by atoms with Gasteiger partial charge in [-0.3, -0.25) is 9.59 Å². The van der Waals surface area contributed by atoms with Crippen molar-refractivity contribution in [1.82, 2.24) is 4.90 Å². The molecule has 1 fully saturated rings. The zero-order valence-corrected chi connectivity index (χ0v) is 14.5. The van der Waals surface area contributed by atoms with E-state index >= 15 is 0 Å². The summed E-state index contributed by atoms with van der Waals surface area (Å²) in [4.78, 5) is 25.9. The summed E-state index contributed by atoms with van der Waals surface area (Å²) in [6.45, 7) is 5.19. The minimum atomic E-state index is -4.48. The Balaban J connectivity index is 2.30. The molecule has 1 heterocycles. The summed E-state index contributed by atoms with van der Waals surface area (Å²) < 4.78 is 38.8. The molecule has 1 aromatic carbocycles. The fraction of sp³-hybridized carbons (Fsp3) is 0.556. The van der Waals surface area contributed by atoms with Gasteiger partial charge in [0.25, 0.3) is 0 Å². The summed E-state index contributed by atoms with van der Waals surface area (Å²) in [7, 11) is 0. The topological polar surface area (TPSA) is 57.6 Å². The third kappa shape index (κ3) is 3.80. The number of rotatable bonds is 3. The number of likely N-dealkylation sites (tertiary alicyclic amines) is 1. The molecule has 2 rings (SSSR count). The van der Waals surface area contributed by atoms with Crippen molar-refractivity contribution in [2.24, 2.45) is 5.41 Å². The first-order valence-electron chi connectivity index (χ1n) is 8.08. The molecule has 0 saturated carbocycles. The molecule has 138 valence electrons. The molecule has 1 aromatic rings. The molecule has 0 spiro atoms. The van der Waals surface area contributed by atoms with Crippen molar-refractivity contribution >= 4 is 11.9 Å². The lowest BCUT2D eigenvalue weighted by molar-refractivity contribution is -0.154. The average Bonchev–Trinajstić information content (AvgIpc) is 2.53. The van der Waals surface area contributed by atoms with Gasteiger partial charge in [-0.25, -0.2) is 0 Å². The lowest BCUT2D eigenvalue weighted by Crippen LogP contribution is -2.52. The number of aliphatic carboxylic acids is 1. The Morgan fingerprint density at radius 3 is 2.36 bits per heavy atom. The molecule has 1 aliphatic rings. The summed E-state index contributed by atoms with van der Waals surface area (Å²) in [6.07, 6.45) is -3.47. The van der Waals surface area contributed by atoms with Crippen molar-refractivity contribution in [1.29, 1.82) is 0 Å². The predicted octanol–water partition coefficient (Wildman–Crippen LogP) is 3.70. The van der Waals surface area contributed by atoms with Crippen molar-refractivity contribution in [2.75, 3.05) is 13.1 Å². The molecule has 0 bridgehead atoms. The highest BCUT2D eigenvalue weighted by molar-refractivity contribution is 5.88. The van der Waals surface area contributed by atoms with Crippen LogP contribution in [0.15, 0.2) is 24.3 Å². The molecule has 1 aliphatic heterocycles. The summed E-state index contributed by atoms with van der Waals surface area (Å²) in [5, 5.41) is 9.38. The number of hydrogen-bond donors (Lipinski definition) is 1. The van der Waals surface area contributed by atoms with E-state index in [-0.39, 0.29) is 18.0 Å². The number of halogens is 3. The van der Waals surface area contributed by atoms with Crippen LogP contribution in [0.1, 0.15) is 44.7 Å². The van der Waals surface area contributed by atoms with Crippen LogP contribution >= 0.6 is 0 Å². The van der Waals surface area contributed by atoms with Crippen LogP contribution in [0, 0.1) is 5.41 Å². The number of carboxylic acid groups (broad SMARTS) is 1. The first-order chi connectivity index (χ1) is 11.4. The number of carbonyl (C=O) groups is 2. The maximum Gasteiger partial charge on any atom is 0.416 e. The monoisotopic (exact) mass is 357 g/mol. The minimum Gasteiger partial charge on any atom is -0.481 e. The van der Waals surface area contributed by atoms with E-state index in [2.05, 4.69) is 0 Å². The van der Waals surface area contributed by atoms with E-state index in [9.17, 15) is 27.9 Å². The number of nitrogens with zero attached hydrogens (tertiary/aromatic N) is 1. The van der Waals surface area contributed by atoms with E-state index in [0.717, 1.165) is 12.1 Å². The van der Waals surface area contributed by atoms with Gasteiger partial charge in [0, 0.05) is 13.1 Å². The van der Waals surface area contributed by atoms with Crippen LogP contribution in [0.4, 0.5) is 13.2 Å². The molecule has 0 aromatic heterocycles. The van der Waals surface area contributed by atoms with E-state index in [4.69, 9.17) is 0 Å². The summed E-state index contributed by atoms with van der Waals surface area (Å²) in [5.74, 6) is -1.33. The third-order valence-electron chi connectivity index (χ3n) is 4.95. The molecule has 1 atom stereocenters. The van der Waals surface area contributed by atoms with E-state index in [1.807, 2.05) is 0 Å². The van der Waals surface area contributed by atoms with Gasteiger partial charge < -0.3 is 10.0 Å².